The molecule has 0 saturated heterocycles. The van der Waals surface area contributed by atoms with Crippen molar-refractivity contribution in [3.63, 3.8) is 0 Å². The first-order chi connectivity index (χ1) is 9.24. The summed E-state index contributed by atoms with van der Waals surface area (Å²) in [7, 11) is 0. The molecule has 0 radical (unpaired) electrons. The first kappa shape index (κ1) is 16.2. The molecule has 6 nitrogen and oxygen atoms in total. The van der Waals surface area contributed by atoms with Crippen molar-refractivity contribution < 1.29 is 18.8 Å². The van der Waals surface area contributed by atoms with E-state index in [1.54, 1.807) is 20.8 Å². The summed E-state index contributed by atoms with van der Waals surface area (Å²) in [4.78, 5) is 24.1. The van der Waals surface area contributed by atoms with E-state index < -0.39 is 23.5 Å². The van der Waals surface area contributed by atoms with Crippen LogP contribution in [0, 0.1) is 5.92 Å². The van der Waals surface area contributed by atoms with Gasteiger partial charge < -0.3 is 14.6 Å². The van der Waals surface area contributed by atoms with Crippen LogP contribution in [0.1, 0.15) is 51.5 Å². The summed E-state index contributed by atoms with van der Waals surface area (Å²) in [6, 6.07) is 0.737. The van der Waals surface area contributed by atoms with Crippen LogP contribution in [0.5, 0.6) is 0 Å². The van der Waals surface area contributed by atoms with Crippen molar-refractivity contribution in [3.8, 4) is 0 Å². The smallest absolute Gasteiger partial charge is 0.329 e. The summed E-state index contributed by atoms with van der Waals surface area (Å²) in [5.41, 5.74) is -0.455. The third kappa shape index (κ3) is 4.68. The summed E-state index contributed by atoms with van der Waals surface area (Å²) in [6.07, 6.45) is 2.05. The molecule has 1 heterocycles. The summed E-state index contributed by atoms with van der Waals surface area (Å²) in [6.45, 7) is 9.20. The molecule has 0 spiro atoms. The Hall–Kier alpha value is -1.85. The fraction of sp³-hybridized carbons (Fsp3) is 0.643. The molecule has 0 unspecified atom stereocenters. The maximum absolute atomic E-state index is 12.2. The molecular formula is C14H22N2O4. The van der Waals surface area contributed by atoms with Crippen molar-refractivity contribution >= 4 is 11.9 Å². The molecule has 1 aromatic rings. The van der Waals surface area contributed by atoms with E-state index in [2.05, 4.69) is 15.0 Å². The number of esters is 1. The number of nitrogens with one attached hydrogen (secondary N) is 1. The lowest BCUT2D eigenvalue weighted by molar-refractivity contribution is -0.158. The molecule has 0 fully saturated rings. The van der Waals surface area contributed by atoms with E-state index in [1.807, 2.05) is 13.8 Å². The Morgan fingerprint density at radius 1 is 1.45 bits per heavy atom. The van der Waals surface area contributed by atoms with E-state index in [0.717, 1.165) is 6.42 Å². The second-order valence-electron chi connectivity index (χ2n) is 5.75. The van der Waals surface area contributed by atoms with Gasteiger partial charge in [-0.15, -0.1) is 0 Å². The zero-order valence-corrected chi connectivity index (χ0v) is 12.6. The van der Waals surface area contributed by atoms with Gasteiger partial charge in [-0.3, -0.25) is 4.79 Å². The quantitative estimate of drug-likeness (QED) is 0.837. The minimum Gasteiger partial charge on any atom is -0.458 e. The number of amides is 1. The molecule has 0 bridgehead atoms. The van der Waals surface area contributed by atoms with Crippen LogP contribution in [-0.2, 0) is 9.53 Å². The van der Waals surface area contributed by atoms with Crippen molar-refractivity contribution in [1.82, 2.24) is 10.5 Å². The van der Waals surface area contributed by atoms with Crippen LogP contribution in [0.2, 0.25) is 0 Å². The number of carbonyl (C=O) groups excluding carboxylic acids is 2. The van der Waals surface area contributed by atoms with Gasteiger partial charge in [0.1, 0.15) is 17.9 Å². The lowest BCUT2D eigenvalue weighted by Gasteiger charge is -2.27. The molecule has 0 aliphatic rings. The van der Waals surface area contributed by atoms with E-state index in [4.69, 9.17) is 4.74 Å². The summed E-state index contributed by atoms with van der Waals surface area (Å²) < 4.78 is 9.96. The Kier molecular flexibility index (Phi) is 5.30. The van der Waals surface area contributed by atoms with Gasteiger partial charge in [0, 0.05) is 6.07 Å². The lowest BCUT2D eigenvalue weighted by atomic mass is 9.98. The molecule has 1 aromatic heterocycles. The van der Waals surface area contributed by atoms with E-state index in [0.29, 0.717) is 0 Å². The normalized spacial score (nSPS) is 14.4. The summed E-state index contributed by atoms with van der Waals surface area (Å²) in [5, 5.41) is 6.21. The van der Waals surface area contributed by atoms with E-state index in [9.17, 15) is 9.59 Å². The van der Waals surface area contributed by atoms with E-state index in [-0.39, 0.29) is 11.6 Å². The summed E-state index contributed by atoms with van der Waals surface area (Å²) >= 11 is 0. The van der Waals surface area contributed by atoms with E-state index >= 15 is 0 Å². The van der Waals surface area contributed by atoms with Crippen LogP contribution in [0.25, 0.3) is 0 Å². The molecule has 20 heavy (non-hydrogen) atoms. The van der Waals surface area contributed by atoms with Gasteiger partial charge in [-0.2, -0.15) is 0 Å². The van der Waals surface area contributed by atoms with Gasteiger partial charge in [-0.1, -0.05) is 25.4 Å². The van der Waals surface area contributed by atoms with Crippen molar-refractivity contribution in [1.29, 1.82) is 0 Å². The molecule has 0 aliphatic heterocycles. The van der Waals surface area contributed by atoms with Gasteiger partial charge in [0.25, 0.3) is 5.91 Å². The second-order valence-corrected chi connectivity index (χ2v) is 5.75. The summed E-state index contributed by atoms with van der Waals surface area (Å²) in [5.74, 6) is -0.931. The average molecular weight is 282 g/mol. The lowest BCUT2D eigenvalue weighted by Crippen LogP contribution is -2.47. The molecule has 6 heteroatoms. The van der Waals surface area contributed by atoms with Crippen LogP contribution in [0.3, 0.4) is 0 Å². The maximum atomic E-state index is 12.2. The number of hydrogen-bond acceptors (Lipinski definition) is 5. The number of aromatic nitrogens is 1. The molecule has 112 valence electrons. The predicted octanol–water partition coefficient (Wildman–Crippen LogP) is 2.16. The average Bonchev–Trinajstić information content (AvgIpc) is 2.86. The first-order valence-electron chi connectivity index (χ1n) is 6.68. The van der Waals surface area contributed by atoms with Gasteiger partial charge in [-0.25, -0.2) is 4.79 Å². The van der Waals surface area contributed by atoms with Crippen molar-refractivity contribution in [2.75, 3.05) is 0 Å². The van der Waals surface area contributed by atoms with E-state index in [1.165, 1.54) is 12.3 Å². The van der Waals surface area contributed by atoms with Gasteiger partial charge in [0.2, 0.25) is 0 Å². The zero-order valence-electron chi connectivity index (χ0n) is 12.6. The highest BCUT2D eigenvalue weighted by Gasteiger charge is 2.31. The Bertz CT molecular complexity index is 448. The Morgan fingerprint density at radius 3 is 2.55 bits per heavy atom. The third-order valence-electron chi connectivity index (χ3n) is 2.83. The zero-order chi connectivity index (χ0) is 15.3. The number of ether oxygens (including phenoxy) is 1. The standard InChI is InChI=1S/C14H22N2O4/c1-6-9(2)11(13(18)20-14(3,4)5)15-12(17)10-7-8-19-16-10/h7-9,11H,6H2,1-5H3,(H,15,17)/t9-,11-/m0/s1. The minimum atomic E-state index is -0.705. The van der Waals surface area contributed by atoms with Gasteiger partial charge in [0.15, 0.2) is 5.69 Å². The molecular weight excluding hydrogens is 260 g/mol. The van der Waals surface area contributed by atoms with Crippen molar-refractivity contribution in [2.24, 2.45) is 5.92 Å². The maximum Gasteiger partial charge on any atom is 0.329 e. The fourth-order valence-electron chi connectivity index (χ4n) is 1.58. The molecule has 0 aromatic carbocycles. The van der Waals surface area contributed by atoms with Crippen LogP contribution >= 0.6 is 0 Å². The Balaban J connectivity index is 2.79. The second kappa shape index (κ2) is 6.54. The molecule has 1 rings (SSSR count). The fourth-order valence-corrected chi connectivity index (χ4v) is 1.58. The van der Waals surface area contributed by atoms with Gasteiger partial charge in [-0.05, 0) is 26.7 Å². The molecule has 1 N–H and O–H groups in total. The largest absolute Gasteiger partial charge is 0.458 e. The van der Waals surface area contributed by atoms with Crippen LogP contribution in [-0.4, -0.2) is 28.7 Å². The van der Waals surface area contributed by atoms with Crippen LogP contribution in [0.4, 0.5) is 0 Å². The van der Waals surface area contributed by atoms with Crippen molar-refractivity contribution in [2.45, 2.75) is 52.7 Å². The van der Waals surface area contributed by atoms with Gasteiger partial charge in [0.05, 0.1) is 0 Å². The number of nitrogens with zero attached hydrogens (tertiary/aromatic N) is 1. The highest BCUT2D eigenvalue weighted by Crippen LogP contribution is 2.15. The monoisotopic (exact) mass is 282 g/mol. The third-order valence-corrected chi connectivity index (χ3v) is 2.83. The first-order valence-corrected chi connectivity index (χ1v) is 6.68. The Morgan fingerprint density at radius 2 is 2.10 bits per heavy atom. The number of rotatable bonds is 5. The SMILES string of the molecule is CC[C@H](C)[C@H](NC(=O)c1ccon1)C(=O)OC(C)(C)C. The molecule has 2 atom stereocenters. The van der Waals surface area contributed by atoms with Crippen molar-refractivity contribution in [3.05, 3.63) is 18.0 Å². The number of carbonyl (C=O) groups is 2. The van der Waals surface area contributed by atoms with Crippen LogP contribution < -0.4 is 5.32 Å². The van der Waals surface area contributed by atoms with Crippen LogP contribution in [0.15, 0.2) is 16.9 Å². The highest BCUT2D eigenvalue weighted by molar-refractivity contribution is 5.95. The minimum absolute atomic E-state index is 0.0410. The molecule has 0 aliphatic carbocycles. The van der Waals surface area contributed by atoms with Gasteiger partial charge >= 0.3 is 5.97 Å². The molecule has 1 amide bonds. The molecule has 0 saturated carbocycles. The topological polar surface area (TPSA) is 81.4 Å². The highest BCUT2D eigenvalue weighted by atomic mass is 16.6. The Labute approximate surface area is 118 Å². The number of hydrogen-bond donors (Lipinski definition) is 1. The predicted molar refractivity (Wildman–Crippen MR) is 73.1 cm³/mol.